The number of nitrogens with one attached hydrogen (secondary N) is 2. The van der Waals surface area contributed by atoms with Gasteiger partial charge in [0.25, 0.3) is 0 Å². The number of piperidine rings is 1. The van der Waals surface area contributed by atoms with Crippen LogP contribution in [0.15, 0.2) is 12.2 Å². The van der Waals surface area contributed by atoms with Gasteiger partial charge in [0.2, 0.25) is 5.91 Å². The highest BCUT2D eigenvalue weighted by molar-refractivity contribution is 5.82. The van der Waals surface area contributed by atoms with Gasteiger partial charge in [0.1, 0.15) is 0 Å². The van der Waals surface area contributed by atoms with Gasteiger partial charge >= 0.3 is 0 Å². The Bertz CT molecular complexity index is 341. The summed E-state index contributed by atoms with van der Waals surface area (Å²) in [5.41, 5.74) is 0. The average molecular weight is 263 g/mol. The summed E-state index contributed by atoms with van der Waals surface area (Å²) < 4.78 is 0. The maximum absolute atomic E-state index is 12.5. The predicted molar refractivity (Wildman–Crippen MR) is 75.9 cm³/mol. The second kappa shape index (κ2) is 6.06. The van der Waals surface area contributed by atoms with Crippen molar-refractivity contribution in [3.05, 3.63) is 12.2 Å². The Morgan fingerprint density at radius 2 is 1.89 bits per heavy atom. The molecule has 2 N–H and O–H groups in total. The Morgan fingerprint density at radius 3 is 2.63 bits per heavy atom. The van der Waals surface area contributed by atoms with Crippen LogP contribution in [0.2, 0.25) is 0 Å². The van der Waals surface area contributed by atoms with E-state index in [1.165, 1.54) is 19.3 Å². The van der Waals surface area contributed by atoms with Crippen LogP contribution in [0.3, 0.4) is 0 Å². The third kappa shape index (κ3) is 3.00. The number of hydrogen-bond donors (Lipinski definition) is 2. The molecule has 1 atom stereocenters. The van der Waals surface area contributed by atoms with Crippen LogP contribution >= 0.6 is 0 Å². The number of carbonyl (C=O) groups excluding carboxylic acids is 1. The lowest BCUT2D eigenvalue weighted by Gasteiger charge is -2.35. The molecule has 106 valence electrons. The van der Waals surface area contributed by atoms with Crippen LogP contribution in [0, 0.1) is 0 Å². The lowest BCUT2D eigenvalue weighted by molar-refractivity contribution is -0.127. The number of amides is 1. The van der Waals surface area contributed by atoms with Crippen LogP contribution in [0.4, 0.5) is 0 Å². The summed E-state index contributed by atoms with van der Waals surface area (Å²) in [6.07, 6.45) is 10.9. The van der Waals surface area contributed by atoms with E-state index < -0.39 is 0 Å². The zero-order chi connectivity index (χ0) is 13.1. The van der Waals surface area contributed by atoms with E-state index in [0.29, 0.717) is 12.1 Å². The number of carbonyl (C=O) groups is 1. The first kappa shape index (κ1) is 13.1. The van der Waals surface area contributed by atoms with Gasteiger partial charge in [-0.25, -0.2) is 0 Å². The van der Waals surface area contributed by atoms with E-state index >= 15 is 0 Å². The molecule has 0 bridgehead atoms. The van der Waals surface area contributed by atoms with Gasteiger partial charge in [-0.1, -0.05) is 12.2 Å². The summed E-state index contributed by atoms with van der Waals surface area (Å²) in [7, 11) is 0. The van der Waals surface area contributed by atoms with Gasteiger partial charge in [-0.2, -0.15) is 0 Å². The van der Waals surface area contributed by atoms with Crippen LogP contribution in [0.25, 0.3) is 0 Å². The molecule has 2 saturated heterocycles. The SMILES string of the molecule is O=C(NC1CC=CC1)C1CCCN1C1CCNCC1. The molecule has 0 saturated carbocycles. The lowest BCUT2D eigenvalue weighted by Crippen LogP contribution is -2.52. The van der Waals surface area contributed by atoms with Gasteiger partial charge in [-0.3, -0.25) is 9.69 Å². The van der Waals surface area contributed by atoms with E-state index in [0.717, 1.165) is 38.9 Å². The summed E-state index contributed by atoms with van der Waals surface area (Å²) in [5, 5.41) is 6.64. The number of hydrogen-bond acceptors (Lipinski definition) is 3. The molecule has 3 aliphatic rings. The molecular formula is C15H25N3O. The van der Waals surface area contributed by atoms with E-state index in [1.54, 1.807) is 0 Å². The van der Waals surface area contributed by atoms with Crippen molar-refractivity contribution >= 4 is 5.91 Å². The topological polar surface area (TPSA) is 44.4 Å². The van der Waals surface area contributed by atoms with Crippen molar-refractivity contribution in [1.82, 2.24) is 15.5 Å². The third-order valence-corrected chi connectivity index (χ3v) is 4.73. The molecule has 0 aromatic heterocycles. The van der Waals surface area contributed by atoms with Crippen molar-refractivity contribution in [2.45, 2.75) is 56.7 Å². The van der Waals surface area contributed by atoms with Gasteiger partial charge in [0, 0.05) is 12.1 Å². The van der Waals surface area contributed by atoms with Gasteiger partial charge < -0.3 is 10.6 Å². The van der Waals surface area contributed by atoms with Gasteiger partial charge in [-0.05, 0) is 58.2 Å². The molecule has 0 aromatic carbocycles. The minimum Gasteiger partial charge on any atom is -0.351 e. The van der Waals surface area contributed by atoms with Gasteiger partial charge in [0.05, 0.1) is 6.04 Å². The molecule has 3 rings (SSSR count). The quantitative estimate of drug-likeness (QED) is 0.748. The predicted octanol–water partition coefficient (Wildman–Crippen LogP) is 1.04. The number of likely N-dealkylation sites (tertiary alicyclic amines) is 1. The minimum absolute atomic E-state index is 0.128. The van der Waals surface area contributed by atoms with E-state index in [1.807, 2.05) is 0 Å². The maximum atomic E-state index is 12.5. The molecule has 0 spiro atoms. The Balaban J connectivity index is 1.56. The first-order valence-electron chi connectivity index (χ1n) is 7.76. The fourth-order valence-corrected chi connectivity index (χ4v) is 3.68. The minimum atomic E-state index is 0.128. The lowest BCUT2D eigenvalue weighted by atomic mass is 10.0. The fraction of sp³-hybridized carbons (Fsp3) is 0.800. The van der Waals surface area contributed by atoms with Crippen LogP contribution in [-0.4, -0.2) is 48.6 Å². The molecular weight excluding hydrogens is 238 g/mol. The average Bonchev–Trinajstić information content (AvgIpc) is 3.10. The van der Waals surface area contributed by atoms with Gasteiger partial charge in [-0.15, -0.1) is 0 Å². The van der Waals surface area contributed by atoms with Crippen molar-refractivity contribution in [3.63, 3.8) is 0 Å². The zero-order valence-electron chi connectivity index (χ0n) is 11.6. The van der Waals surface area contributed by atoms with Crippen LogP contribution in [-0.2, 0) is 4.79 Å². The Labute approximate surface area is 115 Å². The molecule has 1 amide bonds. The van der Waals surface area contributed by atoms with Crippen molar-refractivity contribution in [1.29, 1.82) is 0 Å². The third-order valence-electron chi connectivity index (χ3n) is 4.73. The molecule has 4 heteroatoms. The van der Waals surface area contributed by atoms with E-state index in [2.05, 4.69) is 27.7 Å². The molecule has 2 fully saturated rings. The Morgan fingerprint density at radius 1 is 1.16 bits per heavy atom. The molecule has 0 radical (unpaired) electrons. The summed E-state index contributed by atoms with van der Waals surface area (Å²) in [6.45, 7) is 3.30. The first-order valence-corrected chi connectivity index (χ1v) is 7.76. The first-order chi connectivity index (χ1) is 9.34. The molecule has 0 aromatic rings. The van der Waals surface area contributed by atoms with Crippen molar-refractivity contribution < 1.29 is 4.79 Å². The van der Waals surface area contributed by atoms with Crippen molar-refractivity contribution in [2.75, 3.05) is 19.6 Å². The molecule has 2 aliphatic heterocycles. The molecule has 1 unspecified atom stereocenters. The maximum Gasteiger partial charge on any atom is 0.237 e. The summed E-state index contributed by atoms with van der Waals surface area (Å²) in [4.78, 5) is 14.9. The highest BCUT2D eigenvalue weighted by Crippen LogP contribution is 2.25. The van der Waals surface area contributed by atoms with Crippen molar-refractivity contribution in [2.24, 2.45) is 0 Å². The van der Waals surface area contributed by atoms with E-state index in [-0.39, 0.29) is 11.9 Å². The molecule has 1 aliphatic carbocycles. The Hall–Kier alpha value is -0.870. The molecule has 19 heavy (non-hydrogen) atoms. The highest BCUT2D eigenvalue weighted by Gasteiger charge is 2.36. The van der Waals surface area contributed by atoms with Crippen LogP contribution < -0.4 is 10.6 Å². The molecule has 4 nitrogen and oxygen atoms in total. The largest absolute Gasteiger partial charge is 0.351 e. The van der Waals surface area contributed by atoms with Crippen molar-refractivity contribution in [3.8, 4) is 0 Å². The summed E-state index contributed by atoms with van der Waals surface area (Å²) >= 11 is 0. The summed E-state index contributed by atoms with van der Waals surface area (Å²) in [5.74, 6) is 0.268. The highest BCUT2D eigenvalue weighted by atomic mass is 16.2. The number of rotatable bonds is 3. The van der Waals surface area contributed by atoms with Crippen LogP contribution in [0.5, 0.6) is 0 Å². The Kier molecular flexibility index (Phi) is 4.18. The molecule has 2 heterocycles. The summed E-state index contributed by atoms with van der Waals surface area (Å²) in [6, 6.07) is 1.09. The van der Waals surface area contributed by atoms with Crippen LogP contribution in [0.1, 0.15) is 38.5 Å². The van der Waals surface area contributed by atoms with E-state index in [4.69, 9.17) is 0 Å². The van der Waals surface area contributed by atoms with Gasteiger partial charge in [0.15, 0.2) is 0 Å². The van der Waals surface area contributed by atoms with E-state index in [9.17, 15) is 4.79 Å². The second-order valence-electron chi connectivity index (χ2n) is 6.03. The fourth-order valence-electron chi connectivity index (χ4n) is 3.68. The zero-order valence-corrected chi connectivity index (χ0v) is 11.6. The smallest absolute Gasteiger partial charge is 0.237 e. The normalized spacial score (nSPS) is 30.0. The number of nitrogens with zero attached hydrogens (tertiary/aromatic N) is 1. The standard InChI is InChI=1S/C15H25N3O/c19-15(17-12-4-1-2-5-12)14-6-3-11-18(14)13-7-9-16-10-8-13/h1-2,12-14,16H,3-11H2,(H,17,19). The monoisotopic (exact) mass is 263 g/mol. The second-order valence-corrected chi connectivity index (χ2v) is 6.03.